The highest BCUT2D eigenvalue weighted by Gasteiger charge is 2.30. The average Bonchev–Trinajstić information content (AvgIpc) is 2.75. The van der Waals surface area contributed by atoms with Crippen LogP contribution in [0.3, 0.4) is 0 Å². The van der Waals surface area contributed by atoms with Crippen LogP contribution in [0.15, 0.2) is 47.3 Å². The third kappa shape index (κ3) is 2.19. The van der Waals surface area contributed by atoms with E-state index in [1.54, 1.807) is 18.2 Å². The first-order valence-electron chi connectivity index (χ1n) is 6.46. The summed E-state index contributed by atoms with van der Waals surface area (Å²) in [4.78, 5) is 29.7. The van der Waals surface area contributed by atoms with Gasteiger partial charge in [0.2, 0.25) is 5.78 Å². The van der Waals surface area contributed by atoms with Crippen molar-refractivity contribution >= 4 is 67.6 Å². The molecule has 0 saturated carbocycles. The molecular formula is C16H10I2N2O2. The molecule has 2 heterocycles. The number of carbonyl (C=O) groups excluding carboxylic acids is 1. The monoisotopic (exact) mass is 516 g/mol. The number of nitrogens with zero attached hydrogens (tertiary/aromatic N) is 2. The topological polar surface area (TPSA) is 52.0 Å². The summed E-state index contributed by atoms with van der Waals surface area (Å²) in [6.07, 6.45) is 4.97. The van der Waals surface area contributed by atoms with E-state index >= 15 is 0 Å². The van der Waals surface area contributed by atoms with Crippen LogP contribution in [-0.2, 0) is 0 Å². The number of fused-ring (bicyclic) bond motifs is 2. The van der Waals surface area contributed by atoms with E-state index in [-0.39, 0.29) is 17.2 Å². The molecule has 0 fully saturated rings. The van der Waals surface area contributed by atoms with Gasteiger partial charge in [-0.25, -0.2) is 4.98 Å². The molecule has 3 rings (SSSR count). The van der Waals surface area contributed by atoms with Crippen molar-refractivity contribution in [2.24, 2.45) is 0 Å². The zero-order chi connectivity index (χ0) is 16.0. The Labute approximate surface area is 153 Å². The Morgan fingerprint density at radius 1 is 1.23 bits per heavy atom. The summed E-state index contributed by atoms with van der Waals surface area (Å²) >= 11 is 4.37. The second kappa shape index (κ2) is 5.73. The summed E-state index contributed by atoms with van der Waals surface area (Å²) in [5.41, 5.74) is 1.24. The molecule has 1 aliphatic heterocycles. The zero-order valence-electron chi connectivity index (χ0n) is 11.6. The minimum atomic E-state index is -0.249. The van der Waals surface area contributed by atoms with Gasteiger partial charge in [0.1, 0.15) is 0 Å². The van der Waals surface area contributed by atoms with Crippen LogP contribution in [0.5, 0.6) is 0 Å². The van der Waals surface area contributed by atoms with Crippen LogP contribution in [0.4, 0.5) is 0 Å². The maximum Gasteiger partial charge on any atom is 0.266 e. The number of Topliss-reactive ketones (excluding diaryl/α,β-unsaturated/α-hetero) is 1. The highest BCUT2D eigenvalue weighted by Crippen LogP contribution is 2.27. The van der Waals surface area contributed by atoms with Crippen LogP contribution in [0.1, 0.15) is 17.5 Å². The van der Waals surface area contributed by atoms with Crippen LogP contribution in [-0.4, -0.2) is 15.3 Å². The molecule has 0 bridgehead atoms. The highest BCUT2D eigenvalue weighted by atomic mass is 127. The van der Waals surface area contributed by atoms with E-state index < -0.39 is 0 Å². The standard InChI is InChI=1S/C16H10I2N2O2/c1-3-5-8-13(4-2)20-15(14(8)21)19-12-7-11(18)10(17)6-9(12)16(20)22/h3-7H,2H2,1H3/b5-3-. The molecule has 2 aromatic rings. The highest BCUT2D eigenvalue weighted by molar-refractivity contribution is 14.1. The van der Waals surface area contributed by atoms with Crippen LogP contribution in [0.2, 0.25) is 0 Å². The lowest BCUT2D eigenvalue weighted by molar-refractivity contribution is 0.103. The van der Waals surface area contributed by atoms with Gasteiger partial charge in [0.05, 0.1) is 16.6 Å². The lowest BCUT2D eigenvalue weighted by Gasteiger charge is -2.07. The van der Waals surface area contributed by atoms with E-state index in [1.165, 1.54) is 10.6 Å². The maximum absolute atomic E-state index is 12.8. The summed E-state index contributed by atoms with van der Waals surface area (Å²) in [6, 6.07) is 3.63. The number of benzene rings is 1. The Kier molecular flexibility index (Phi) is 4.06. The van der Waals surface area contributed by atoms with E-state index in [2.05, 4.69) is 56.7 Å². The molecule has 110 valence electrons. The van der Waals surface area contributed by atoms with Crippen molar-refractivity contribution < 1.29 is 4.79 Å². The number of halogens is 2. The second-order valence-corrected chi connectivity index (χ2v) is 7.02. The number of rotatable bonds is 2. The Morgan fingerprint density at radius 2 is 1.91 bits per heavy atom. The van der Waals surface area contributed by atoms with Gasteiger partial charge in [-0.15, -0.1) is 0 Å². The molecule has 22 heavy (non-hydrogen) atoms. The molecule has 0 unspecified atom stereocenters. The molecular weight excluding hydrogens is 506 g/mol. The van der Waals surface area contributed by atoms with Crippen molar-refractivity contribution in [1.82, 2.24) is 9.55 Å². The Bertz CT molecular complexity index is 968. The largest absolute Gasteiger partial charge is 0.285 e. The lowest BCUT2D eigenvalue weighted by Crippen LogP contribution is -2.22. The molecule has 4 nitrogen and oxygen atoms in total. The number of ketones is 1. The number of hydrogen-bond acceptors (Lipinski definition) is 3. The van der Waals surface area contributed by atoms with Crippen LogP contribution in [0.25, 0.3) is 16.6 Å². The lowest BCUT2D eigenvalue weighted by atomic mass is 10.1. The van der Waals surface area contributed by atoms with Crippen LogP contribution < -0.4 is 5.56 Å². The minimum absolute atomic E-state index is 0.150. The molecule has 1 aromatic carbocycles. The van der Waals surface area contributed by atoms with Crippen molar-refractivity contribution in [2.45, 2.75) is 6.92 Å². The summed E-state index contributed by atoms with van der Waals surface area (Å²) in [7, 11) is 0. The van der Waals surface area contributed by atoms with Gasteiger partial charge in [-0.3, -0.25) is 14.2 Å². The van der Waals surface area contributed by atoms with E-state index in [9.17, 15) is 9.59 Å². The van der Waals surface area contributed by atoms with E-state index in [0.29, 0.717) is 22.2 Å². The third-order valence-corrected chi connectivity index (χ3v) is 6.22. The second-order valence-electron chi connectivity index (χ2n) is 4.69. The third-order valence-electron chi connectivity index (χ3n) is 3.40. The molecule has 0 radical (unpaired) electrons. The molecule has 0 atom stereocenters. The SMILES string of the molecule is C=CC1=C(/C=C\C)C(=O)c2nc3cc(I)c(I)cc3c(=O)n21. The normalized spacial score (nSPS) is 14.2. The predicted octanol–water partition coefficient (Wildman–Crippen LogP) is 3.78. The first-order valence-corrected chi connectivity index (χ1v) is 8.61. The fourth-order valence-electron chi connectivity index (χ4n) is 2.44. The van der Waals surface area contributed by atoms with Crippen molar-refractivity contribution in [3.8, 4) is 0 Å². The van der Waals surface area contributed by atoms with Crippen molar-refractivity contribution in [3.63, 3.8) is 0 Å². The maximum atomic E-state index is 12.8. The van der Waals surface area contributed by atoms with Crippen LogP contribution in [0, 0.1) is 7.14 Å². The van der Waals surface area contributed by atoms with Gasteiger partial charge in [0.25, 0.3) is 5.56 Å². The quantitative estimate of drug-likeness (QED) is 0.572. The van der Waals surface area contributed by atoms with Gasteiger partial charge in [0, 0.05) is 12.7 Å². The molecule has 0 amide bonds. The van der Waals surface area contributed by atoms with Gasteiger partial charge in [-0.2, -0.15) is 0 Å². The molecule has 0 saturated heterocycles. The molecule has 1 aliphatic rings. The zero-order valence-corrected chi connectivity index (χ0v) is 15.9. The smallest absolute Gasteiger partial charge is 0.266 e. The summed E-state index contributed by atoms with van der Waals surface area (Å²) in [5.74, 6) is -0.0990. The number of carbonyl (C=O) groups is 1. The summed E-state index contributed by atoms with van der Waals surface area (Å²) < 4.78 is 3.33. The molecule has 0 N–H and O–H groups in total. The van der Waals surface area contributed by atoms with E-state index in [0.717, 1.165) is 7.14 Å². The van der Waals surface area contributed by atoms with Gasteiger partial charge in [-0.1, -0.05) is 18.7 Å². The molecule has 1 aromatic heterocycles. The molecule has 0 spiro atoms. The fourth-order valence-corrected chi connectivity index (χ4v) is 3.36. The number of aromatic nitrogens is 2. The Hall–Kier alpha value is -1.29. The van der Waals surface area contributed by atoms with Gasteiger partial charge in [0.15, 0.2) is 5.82 Å². The van der Waals surface area contributed by atoms with Crippen molar-refractivity contribution in [2.75, 3.05) is 0 Å². The Morgan fingerprint density at radius 3 is 2.55 bits per heavy atom. The number of hydrogen-bond donors (Lipinski definition) is 0. The van der Waals surface area contributed by atoms with Crippen molar-refractivity contribution in [1.29, 1.82) is 0 Å². The van der Waals surface area contributed by atoms with E-state index in [1.807, 2.05) is 13.0 Å². The average molecular weight is 516 g/mol. The minimum Gasteiger partial charge on any atom is -0.285 e. The first-order chi connectivity index (χ1) is 10.5. The first kappa shape index (κ1) is 15.6. The fraction of sp³-hybridized carbons (Fsp3) is 0.0625. The van der Waals surface area contributed by atoms with Gasteiger partial charge < -0.3 is 0 Å². The molecule has 6 heteroatoms. The van der Waals surface area contributed by atoms with Crippen LogP contribution >= 0.6 is 45.2 Å². The van der Waals surface area contributed by atoms with Crippen molar-refractivity contribution in [3.05, 3.63) is 65.8 Å². The predicted molar refractivity (Wildman–Crippen MR) is 104 cm³/mol. The Balaban J connectivity index is 2.46. The number of allylic oxidation sites excluding steroid dienone is 5. The summed E-state index contributed by atoms with van der Waals surface area (Å²) in [5, 5.41) is 0.502. The van der Waals surface area contributed by atoms with Gasteiger partial charge >= 0.3 is 0 Å². The summed E-state index contributed by atoms with van der Waals surface area (Å²) in [6.45, 7) is 5.55. The van der Waals surface area contributed by atoms with E-state index in [4.69, 9.17) is 0 Å². The van der Waals surface area contributed by atoms with Gasteiger partial charge in [-0.05, 0) is 70.3 Å². The molecule has 0 aliphatic carbocycles.